The third-order valence-electron chi connectivity index (χ3n) is 4.91. The molecule has 0 saturated carbocycles. The van der Waals surface area contributed by atoms with Crippen LogP contribution in [0.15, 0.2) is 18.2 Å². The van der Waals surface area contributed by atoms with Crippen molar-refractivity contribution in [3.63, 3.8) is 0 Å². The number of benzene rings is 1. The third kappa shape index (κ3) is 8.67. The van der Waals surface area contributed by atoms with Gasteiger partial charge in [0.2, 0.25) is 6.29 Å². The zero-order chi connectivity index (χ0) is 26.3. The molecule has 0 saturated heterocycles. The van der Waals surface area contributed by atoms with Crippen LogP contribution in [0.25, 0.3) is 0 Å². The van der Waals surface area contributed by atoms with E-state index in [1.165, 1.54) is 13.0 Å². The number of ether oxygens (including phenoxy) is 4. The molecule has 2 rings (SSSR count). The molecule has 0 aliphatic carbocycles. The molecule has 1 heterocycles. The number of hydrogen-bond donors (Lipinski definition) is 2. The summed E-state index contributed by atoms with van der Waals surface area (Å²) in [5, 5.41) is 2.42. The van der Waals surface area contributed by atoms with E-state index in [-0.39, 0.29) is 30.8 Å². The Hall–Kier alpha value is -3.47. The SMILES string of the molecule is CC(C)OC(=O)[C@H](Cc1ccc2c(c1)OC(=O)CC(N)C(=O)C2)NC(=O)OC(C)OC(=O)C(C)C. The number of nitrogens with two attached hydrogens (primary N) is 1. The Morgan fingerprint density at radius 3 is 2.37 bits per heavy atom. The predicted molar refractivity (Wildman–Crippen MR) is 122 cm³/mol. The van der Waals surface area contributed by atoms with Crippen LogP contribution in [-0.2, 0) is 46.2 Å². The Morgan fingerprint density at radius 1 is 1.06 bits per heavy atom. The van der Waals surface area contributed by atoms with Crippen LogP contribution in [0.4, 0.5) is 4.79 Å². The van der Waals surface area contributed by atoms with Gasteiger partial charge < -0.3 is 30.0 Å². The molecule has 1 aliphatic rings. The number of fused-ring (bicyclic) bond motifs is 1. The molecule has 192 valence electrons. The fourth-order valence-electron chi connectivity index (χ4n) is 3.14. The van der Waals surface area contributed by atoms with E-state index in [4.69, 9.17) is 24.7 Å². The molecule has 0 bridgehead atoms. The summed E-state index contributed by atoms with van der Waals surface area (Å²) >= 11 is 0. The van der Waals surface area contributed by atoms with E-state index >= 15 is 0 Å². The Kier molecular flexibility index (Phi) is 9.76. The fraction of sp³-hybridized carbons (Fsp3) is 0.542. The second-order valence-electron chi connectivity index (χ2n) is 8.82. The largest absolute Gasteiger partial charge is 0.461 e. The molecule has 0 fully saturated rings. The molecule has 0 radical (unpaired) electrons. The van der Waals surface area contributed by atoms with E-state index in [1.807, 2.05) is 0 Å². The molecule has 2 unspecified atom stereocenters. The topological polar surface area (TPSA) is 160 Å². The summed E-state index contributed by atoms with van der Waals surface area (Å²) in [7, 11) is 0. The standard InChI is InChI=1S/C24H32N2O9/c1-12(2)22(29)33-14(5)34-24(31)26-18(23(30)32-13(3)4)8-15-6-7-16-10-19(27)17(25)11-21(28)35-20(16)9-15/h6-7,9,12-14,17-18H,8,10-11,25H2,1-5H3,(H,26,31)/t14?,17?,18-/m0/s1. The van der Waals surface area contributed by atoms with Crippen LogP contribution in [0.3, 0.4) is 0 Å². The van der Waals surface area contributed by atoms with Crippen molar-refractivity contribution in [3.05, 3.63) is 29.3 Å². The molecule has 1 aliphatic heterocycles. The Balaban J connectivity index is 2.17. The first-order valence-electron chi connectivity index (χ1n) is 11.3. The maximum atomic E-state index is 12.6. The summed E-state index contributed by atoms with van der Waals surface area (Å²) in [6, 6.07) is 2.68. The highest BCUT2D eigenvalue weighted by Crippen LogP contribution is 2.25. The number of rotatable bonds is 8. The first kappa shape index (κ1) is 27.8. The number of alkyl carbamates (subject to hydrolysis) is 1. The number of hydrogen-bond acceptors (Lipinski definition) is 10. The Morgan fingerprint density at radius 2 is 1.74 bits per heavy atom. The zero-order valence-electron chi connectivity index (χ0n) is 20.5. The van der Waals surface area contributed by atoms with Gasteiger partial charge in [0.1, 0.15) is 11.8 Å². The van der Waals surface area contributed by atoms with Gasteiger partial charge in [-0.15, -0.1) is 0 Å². The van der Waals surface area contributed by atoms with E-state index in [9.17, 15) is 24.0 Å². The number of amides is 1. The molecule has 3 N–H and O–H groups in total. The summed E-state index contributed by atoms with van der Waals surface area (Å²) in [5.74, 6) is -2.42. The van der Waals surface area contributed by atoms with Gasteiger partial charge in [-0.2, -0.15) is 0 Å². The average molecular weight is 493 g/mol. The summed E-state index contributed by atoms with van der Waals surface area (Å²) in [6.45, 7) is 7.96. The van der Waals surface area contributed by atoms with Gasteiger partial charge in [0, 0.05) is 25.3 Å². The lowest BCUT2D eigenvalue weighted by Crippen LogP contribution is -2.45. The van der Waals surface area contributed by atoms with Gasteiger partial charge in [0.05, 0.1) is 24.5 Å². The maximum Gasteiger partial charge on any atom is 0.410 e. The molecule has 3 atom stereocenters. The van der Waals surface area contributed by atoms with Crippen molar-refractivity contribution in [3.8, 4) is 5.75 Å². The van der Waals surface area contributed by atoms with Crippen molar-refractivity contribution in [2.45, 2.75) is 78.4 Å². The summed E-state index contributed by atoms with van der Waals surface area (Å²) < 4.78 is 20.6. The maximum absolute atomic E-state index is 12.6. The van der Waals surface area contributed by atoms with Gasteiger partial charge in [-0.05, 0) is 25.5 Å². The number of Topliss-reactive ketones (excluding diaryl/α,β-unsaturated/α-hetero) is 1. The molecule has 1 aromatic rings. The average Bonchev–Trinajstić information content (AvgIpc) is 2.73. The minimum absolute atomic E-state index is 0.000438. The van der Waals surface area contributed by atoms with Crippen LogP contribution in [-0.4, -0.2) is 54.3 Å². The number of carbonyl (C=O) groups is 5. The van der Waals surface area contributed by atoms with E-state index in [0.29, 0.717) is 11.1 Å². The highest BCUT2D eigenvalue weighted by Gasteiger charge is 2.28. The van der Waals surface area contributed by atoms with E-state index in [2.05, 4.69) is 5.32 Å². The highest BCUT2D eigenvalue weighted by molar-refractivity contribution is 5.92. The first-order chi connectivity index (χ1) is 16.3. The van der Waals surface area contributed by atoms with E-state index in [1.54, 1.807) is 39.8 Å². The molecule has 11 heteroatoms. The molecular weight excluding hydrogens is 460 g/mol. The number of esters is 3. The summed E-state index contributed by atoms with van der Waals surface area (Å²) in [5.41, 5.74) is 6.71. The van der Waals surface area contributed by atoms with Crippen molar-refractivity contribution in [2.24, 2.45) is 11.7 Å². The molecule has 35 heavy (non-hydrogen) atoms. The monoisotopic (exact) mass is 492 g/mol. The van der Waals surface area contributed by atoms with Gasteiger partial charge in [-0.25, -0.2) is 9.59 Å². The molecule has 0 aromatic heterocycles. The number of ketones is 1. The van der Waals surface area contributed by atoms with Crippen LogP contribution < -0.4 is 15.8 Å². The minimum Gasteiger partial charge on any atom is -0.461 e. The van der Waals surface area contributed by atoms with Crippen molar-refractivity contribution in [1.82, 2.24) is 5.32 Å². The Labute approximate surface area is 203 Å². The lowest BCUT2D eigenvalue weighted by atomic mass is 9.97. The quantitative estimate of drug-likeness (QED) is 0.310. The Bertz CT molecular complexity index is 974. The number of carbonyl (C=O) groups excluding carboxylic acids is 5. The van der Waals surface area contributed by atoms with E-state index in [0.717, 1.165) is 0 Å². The first-order valence-corrected chi connectivity index (χ1v) is 11.3. The van der Waals surface area contributed by atoms with Gasteiger partial charge in [0.15, 0.2) is 5.78 Å². The second-order valence-corrected chi connectivity index (χ2v) is 8.82. The van der Waals surface area contributed by atoms with Crippen molar-refractivity contribution < 1.29 is 42.9 Å². The molecule has 0 spiro atoms. The van der Waals surface area contributed by atoms with Gasteiger partial charge in [0.25, 0.3) is 0 Å². The second kappa shape index (κ2) is 12.3. The van der Waals surface area contributed by atoms with Gasteiger partial charge in [-0.1, -0.05) is 26.0 Å². The molecule has 11 nitrogen and oxygen atoms in total. The highest BCUT2D eigenvalue weighted by atomic mass is 16.7. The predicted octanol–water partition coefficient (Wildman–Crippen LogP) is 1.57. The normalized spacial score (nSPS) is 17.4. The molecule has 1 aromatic carbocycles. The van der Waals surface area contributed by atoms with E-state index < -0.39 is 54.4 Å². The fourth-order valence-corrected chi connectivity index (χ4v) is 3.14. The van der Waals surface area contributed by atoms with Crippen molar-refractivity contribution >= 4 is 29.8 Å². The third-order valence-corrected chi connectivity index (χ3v) is 4.91. The van der Waals surface area contributed by atoms with Crippen molar-refractivity contribution in [1.29, 1.82) is 0 Å². The lowest BCUT2D eigenvalue weighted by Gasteiger charge is -2.22. The molecule has 1 amide bonds. The van der Waals surface area contributed by atoms with Crippen LogP contribution in [0.5, 0.6) is 5.75 Å². The van der Waals surface area contributed by atoms with Crippen LogP contribution in [0, 0.1) is 5.92 Å². The molecular formula is C24H32N2O9. The number of nitrogens with one attached hydrogen (secondary N) is 1. The minimum atomic E-state index is -1.17. The zero-order valence-corrected chi connectivity index (χ0v) is 20.5. The van der Waals surface area contributed by atoms with Gasteiger partial charge in [-0.3, -0.25) is 14.4 Å². The van der Waals surface area contributed by atoms with Crippen molar-refractivity contribution in [2.75, 3.05) is 0 Å². The van der Waals surface area contributed by atoms with Gasteiger partial charge >= 0.3 is 24.0 Å². The summed E-state index contributed by atoms with van der Waals surface area (Å²) in [4.78, 5) is 60.9. The lowest BCUT2D eigenvalue weighted by molar-refractivity contribution is -0.169. The summed E-state index contributed by atoms with van der Waals surface area (Å²) in [6.07, 6.45) is -2.87. The van der Waals surface area contributed by atoms with Crippen LogP contribution in [0.2, 0.25) is 0 Å². The van der Waals surface area contributed by atoms with Crippen LogP contribution >= 0.6 is 0 Å². The van der Waals surface area contributed by atoms with Crippen LogP contribution in [0.1, 0.15) is 52.2 Å². The smallest absolute Gasteiger partial charge is 0.410 e.